The number of hydrogen-bond acceptors (Lipinski definition) is 4. The molecule has 10 atom stereocenters. The Kier molecular flexibility index (Phi) is 6.31. The Labute approximate surface area is 183 Å². The second-order valence-electron chi connectivity index (χ2n) is 11.7. The fourth-order valence-electron chi connectivity index (χ4n) is 9.13. The summed E-state index contributed by atoms with van der Waals surface area (Å²) < 4.78 is 11.2. The lowest BCUT2D eigenvalue weighted by Crippen LogP contribution is -2.59. The maximum absolute atomic E-state index is 11.7. The molecule has 4 fully saturated rings. The zero-order valence-corrected chi connectivity index (χ0v) is 19.9. The standard InChI is InChI=1S/C26H44O4/c1-16(6-11-24(28)30-5)20-9-10-21-19-8-7-17-14-18(27)12-13-25(17,2)22(19)15-23(29-4)26(20,21)3/h16-23,27H,6-15H2,1-5H3/t16-,17-,18-,19+,20-,21+,22+,23+,25+,26-/m1/s1. The molecule has 0 amide bonds. The van der Waals surface area contributed by atoms with Crippen molar-refractivity contribution in [2.75, 3.05) is 14.2 Å². The molecule has 0 aliphatic heterocycles. The van der Waals surface area contributed by atoms with Crippen LogP contribution in [0.15, 0.2) is 0 Å². The Bertz CT molecular complexity index is 635. The Balaban J connectivity index is 1.57. The van der Waals surface area contributed by atoms with Crippen molar-refractivity contribution in [3.63, 3.8) is 0 Å². The molecule has 172 valence electrons. The highest BCUT2D eigenvalue weighted by Gasteiger charge is 2.64. The first-order chi connectivity index (χ1) is 14.3. The topological polar surface area (TPSA) is 55.8 Å². The molecule has 4 nitrogen and oxygen atoms in total. The molecule has 4 heteroatoms. The second-order valence-corrected chi connectivity index (χ2v) is 11.7. The monoisotopic (exact) mass is 420 g/mol. The molecule has 4 aliphatic rings. The van der Waals surface area contributed by atoms with Crippen molar-refractivity contribution >= 4 is 5.97 Å². The van der Waals surface area contributed by atoms with E-state index >= 15 is 0 Å². The van der Waals surface area contributed by atoms with E-state index in [4.69, 9.17) is 9.47 Å². The molecule has 30 heavy (non-hydrogen) atoms. The van der Waals surface area contributed by atoms with E-state index in [2.05, 4.69) is 20.8 Å². The minimum Gasteiger partial charge on any atom is -0.469 e. The number of carbonyl (C=O) groups excluding carboxylic acids is 1. The molecule has 0 aromatic heterocycles. The number of esters is 1. The molecule has 0 bridgehead atoms. The van der Waals surface area contributed by atoms with Crippen molar-refractivity contribution in [2.24, 2.45) is 46.3 Å². The second kappa shape index (κ2) is 8.39. The molecule has 0 radical (unpaired) electrons. The number of rotatable bonds is 5. The van der Waals surface area contributed by atoms with E-state index in [1.807, 2.05) is 7.11 Å². The smallest absolute Gasteiger partial charge is 0.305 e. The number of methoxy groups -OCH3 is 2. The first-order valence-electron chi connectivity index (χ1n) is 12.5. The molecular weight excluding hydrogens is 376 g/mol. The first kappa shape index (κ1) is 22.6. The van der Waals surface area contributed by atoms with Crippen molar-refractivity contribution in [2.45, 2.75) is 97.2 Å². The minimum atomic E-state index is -0.0850. The Morgan fingerprint density at radius 3 is 2.53 bits per heavy atom. The van der Waals surface area contributed by atoms with Crippen molar-refractivity contribution in [1.29, 1.82) is 0 Å². The highest BCUT2D eigenvalue weighted by molar-refractivity contribution is 5.69. The van der Waals surface area contributed by atoms with Gasteiger partial charge in [0.1, 0.15) is 0 Å². The third kappa shape index (κ3) is 3.45. The summed E-state index contributed by atoms with van der Waals surface area (Å²) in [5, 5.41) is 10.3. The van der Waals surface area contributed by atoms with Crippen LogP contribution in [0.2, 0.25) is 0 Å². The van der Waals surface area contributed by atoms with Crippen LogP contribution >= 0.6 is 0 Å². The van der Waals surface area contributed by atoms with Gasteiger partial charge < -0.3 is 14.6 Å². The molecule has 0 heterocycles. The first-order valence-corrected chi connectivity index (χ1v) is 12.5. The summed E-state index contributed by atoms with van der Waals surface area (Å²) in [5.41, 5.74) is 0.581. The molecule has 4 rings (SSSR count). The van der Waals surface area contributed by atoms with Gasteiger partial charge >= 0.3 is 5.97 Å². The van der Waals surface area contributed by atoms with Crippen molar-refractivity contribution in [1.82, 2.24) is 0 Å². The van der Waals surface area contributed by atoms with E-state index in [9.17, 15) is 9.90 Å². The SMILES string of the molecule is COC(=O)CC[C@@H](C)[C@H]1CC[C@H]2[C@@H]3CC[C@@H]4C[C@H](O)CC[C@]4(C)[C@H]3C[C@H](OC)[C@]12C. The summed E-state index contributed by atoms with van der Waals surface area (Å²) in [6, 6.07) is 0. The highest BCUT2D eigenvalue weighted by atomic mass is 16.5. The van der Waals surface area contributed by atoms with Crippen LogP contribution in [0.25, 0.3) is 0 Å². The lowest BCUT2D eigenvalue weighted by Gasteiger charge is -2.63. The zero-order valence-electron chi connectivity index (χ0n) is 19.9. The molecule has 0 saturated heterocycles. The molecule has 0 aromatic carbocycles. The molecule has 0 aromatic rings. The summed E-state index contributed by atoms with van der Waals surface area (Å²) in [5.74, 6) is 4.00. The summed E-state index contributed by atoms with van der Waals surface area (Å²) in [7, 11) is 3.42. The van der Waals surface area contributed by atoms with Crippen molar-refractivity contribution in [3.05, 3.63) is 0 Å². The van der Waals surface area contributed by atoms with Crippen LogP contribution < -0.4 is 0 Å². The summed E-state index contributed by atoms with van der Waals surface area (Å²) >= 11 is 0. The van der Waals surface area contributed by atoms with Crippen molar-refractivity contribution in [3.8, 4) is 0 Å². The quantitative estimate of drug-likeness (QED) is 0.620. The van der Waals surface area contributed by atoms with Gasteiger partial charge in [-0.1, -0.05) is 20.8 Å². The minimum absolute atomic E-state index is 0.0840. The van der Waals surface area contributed by atoms with Crippen LogP contribution in [0, 0.1) is 46.3 Å². The van der Waals surface area contributed by atoms with Gasteiger partial charge in [0.2, 0.25) is 0 Å². The summed E-state index contributed by atoms with van der Waals surface area (Å²) in [6.45, 7) is 7.41. The van der Waals surface area contributed by atoms with Gasteiger partial charge in [0.25, 0.3) is 0 Å². The van der Waals surface area contributed by atoms with Gasteiger partial charge in [-0.2, -0.15) is 0 Å². The highest BCUT2D eigenvalue weighted by Crippen LogP contribution is 2.68. The van der Waals surface area contributed by atoms with E-state index in [1.165, 1.54) is 45.6 Å². The van der Waals surface area contributed by atoms with Crippen LogP contribution in [0.1, 0.15) is 85.0 Å². The fraction of sp³-hybridized carbons (Fsp3) is 0.962. The van der Waals surface area contributed by atoms with Gasteiger partial charge in [-0.15, -0.1) is 0 Å². The molecule has 1 N–H and O–H groups in total. The van der Waals surface area contributed by atoms with E-state index in [-0.39, 0.29) is 17.5 Å². The maximum atomic E-state index is 11.7. The molecule has 0 unspecified atom stereocenters. The van der Waals surface area contributed by atoms with Crippen LogP contribution in [0.4, 0.5) is 0 Å². The lowest BCUT2D eigenvalue weighted by molar-refractivity contribution is -0.183. The van der Waals surface area contributed by atoms with Crippen LogP contribution in [0.3, 0.4) is 0 Å². The van der Waals surface area contributed by atoms with Crippen LogP contribution in [-0.2, 0) is 14.3 Å². The third-order valence-corrected chi connectivity index (χ3v) is 10.8. The van der Waals surface area contributed by atoms with Gasteiger partial charge in [0.05, 0.1) is 19.3 Å². The summed E-state index contributed by atoms with van der Waals surface area (Å²) in [6.07, 6.45) is 11.2. The van der Waals surface area contributed by atoms with Gasteiger partial charge in [0, 0.05) is 13.5 Å². The van der Waals surface area contributed by atoms with E-state index < -0.39 is 0 Å². The Morgan fingerprint density at radius 2 is 1.83 bits per heavy atom. The zero-order chi connectivity index (χ0) is 21.7. The molecule has 4 aliphatic carbocycles. The number of aliphatic hydroxyl groups is 1. The van der Waals surface area contributed by atoms with Gasteiger partial charge in [0.15, 0.2) is 0 Å². The molecule has 0 spiro atoms. The predicted molar refractivity (Wildman–Crippen MR) is 118 cm³/mol. The van der Waals surface area contributed by atoms with E-state index in [0.717, 1.165) is 37.0 Å². The number of fused-ring (bicyclic) bond motifs is 5. The Morgan fingerprint density at radius 1 is 1.07 bits per heavy atom. The molecular formula is C26H44O4. The van der Waals surface area contributed by atoms with Crippen LogP contribution in [-0.4, -0.2) is 37.5 Å². The molecule has 4 saturated carbocycles. The number of carbonyl (C=O) groups is 1. The normalized spacial score (nSPS) is 48.9. The Hall–Kier alpha value is -0.610. The van der Waals surface area contributed by atoms with Gasteiger partial charge in [-0.25, -0.2) is 0 Å². The third-order valence-electron chi connectivity index (χ3n) is 10.8. The number of ether oxygens (including phenoxy) is 2. The maximum Gasteiger partial charge on any atom is 0.305 e. The average molecular weight is 421 g/mol. The predicted octanol–water partition coefficient (Wildman–Crippen LogP) is 5.22. The van der Waals surface area contributed by atoms with Crippen molar-refractivity contribution < 1.29 is 19.4 Å². The summed E-state index contributed by atoms with van der Waals surface area (Å²) in [4.78, 5) is 11.7. The number of hydrogen-bond donors (Lipinski definition) is 1. The van der Waals surface area contributed by atoms with Crippen LogP contribution in [0.5, 0.6) is 0 Å². The van der Waals surface area contributed by atoms with Gasteiger partial charge in [-0.05, 0) is 104 Å². The fourth-order valence-corrected chi connectivity index (χ4v) is 9.13. The lowest BCUT2D eigenvalue weighted by atomic mass is 9.43. The number of aliphatic hydroxyl groups excluding tert-OH is 1. The van der Waals surface area contributed by atoms with E-state index in [1.54, 1.807) is 0 Å². The van der Waals surface area contributed by atoms with E-state index in [0.29, 0.717) is 35.7 Å². The average Bonchev–Trinajstić information content (AvgIpc) is 3.09. The largest absolute Gasteiger partial charge is 0.469 e. The van der Waals surface area contributed by atoms with Gasteiger partial charge in [-0.3, -0.25) is 4.79 Å².